The number of likely N-dealkylation sites (N-methyl/N-ethyl adjacent to an activating group) is 1. The number of nitrogens with one attached hydrogen (secondary N) is 1. The molecule has 1 aliphatic rings. The number of rotatable bonds is 6. The minimum absolute atomic E-state index is 0.0693. The fourth-order valence-corrected chi connectivity index (χ4v) is 3.05. The van der Waals surface area contributed by atoms with Gasteiger partial charge in [0.15, 0.2) is 6.10 Å². The number of hydrogen-bond acceptors (Lipinski definition) is 5. The van der Waals surface area contributed by atoms with Crippen molar-refractivity contribution in [3.63, 3.8) is 0 Å². The van der Waals surface area contributed by atoms with E-state index in [0.29, 0.717) is 35.0 Å². The van der Waals surface area contributed by atoms with Gasteiger partial charge in [0.05, 0.1) is 18.4 Å². The maximum Gasteiger partial charge on any atom is 0.267 e. The van der Waals surface area contributed by atoms with E-state index in [1.165, 1.54) is 7.11 Å². The number of carbonyl (C=O) groups excluding carboxylic acids is 2. The first kappa shape index (κ1) is 19.7. The molecule has 3 rings (SSSR count). The maximum absolute atomic E-state index is 12.6. The minimum Gasteiger partial charge on any atom is -0.496 e. The standard InChI is InChI=1S/C21H25N3O4/c1-14-21(26)24(12-11-23(2)3)17-10-9-15(13-19(17)28-14)22-20(25)16-7-5-6-8-18(16)27-4/h5-10,13-14H,11-12H2,1-4H3,(H,22,25). The molecule has 0 aromatic heterocycles. The van der Waals surface area contributed by atoms with Crippen LogP contribution in [0.4, 0.5) is 11.4 Å². The van der Waals surface area contributed by atoms with Crippen LogP contribution in [0.15, 0.2) is 42.5 Å². The molecule has 0 aliphatic carbocycles. The highest BCUT2D eigenvalue weighted by atomic mass is 16.5. The van der Waals surface area contributed by atoms with Gasteiger partial charge < -0.3 is 24.6 Å². The van der Waals surface area contributed by atoms with Crippen molar-refractivity contribution in [3.05, 3.63) is 48.0 Å². The third kappa shape index (κ3) is 4.09. The first-order valence-electron chi connectivity index (χ1n) is 9.12. The number of benzene rings is 2. The van der Waals surface area contributed by atoms with Crippen LogP contribution in [0.3, 0.4) is 0 Å². The lowest BCUT2D eigenvalue weighted by Gasteiger charge is -2.34. The molecular formula is C21H25N3O4. The second kappa shape index (κ2) is 8.31. The topological polar surface area (TPSA) is 71.1 Å². The summed E-state index contributed by atoms with van der Waals surface area (Å²) >= 11 is 0. The quantitative estimate of drug-likeness (QED) is 0.830. The SMILES string of the molecule is COc1ccccc1C(=O)Nc1ccc2c(c1)OC(C)C(=O)N2CCN(C)C. The van der Waals surface area contributed by atoms with Crippen LogP contribution < -0.4 is 19.7 Å². The molecule has 1 atom stereocenters. The predicted octanol–water partition coefficient (Wildman–Crippen LogP) is 2.62. The Balaban J connectivity index is 1.83. The lowest BCUT2D eigenvalue weighted by molar-refractivity contribution is -0.125. The molecule has 0 fully saturated rings. The van der Waals surface area contributed by atoms with Crippen LogP contribution in [0.5, 0.6) is 11.5 Å². The smallest absolute Gasteiger partial charge is 0.267 e. The number of hydrogen-bond donors (Lipinski definition) is 1. The molecule has 2 amide bonds. The van der Waals surface area contributed by atoms with E-state index in [0.717, 1.165) is 6.54 Å². The number of nitrogens with zero attached hydrogens (tertiary/aromatic N) is 2. The molecule has 1 heterocycles. The Morgan fingerprint density at radius 2 is 2.00 bits per heavy atom. The molecule has 2 aromatic carbocycles. The number of carbonyl (C=O) groups is 2. The van der Waals surface area contributed by atoms with Crippen LogP contribution >= 0.6 is 0 Å². The van der Waals surface area contributed by atoms with E-state index in [2.05, 4.69) is 5.32 Å². The molecule has 1 unspecified atom stereocenters. The molecular weight excluding hydrogens is 358 g/mol. The van der Waals surface area contributed by atoms with Crippen molar-refractivity contribution in [2.45, 2.75) is 13.0 Å². The average Bonchev–Trinajstić information content (AvgIpc) is 2.68. The number of ether oxygens (including phenoxy) is 2. The van der Waals surface area contributed by atoms with Gasteiger partial charge in [-0.1, -0.05) is 12.1 Å². The first-order chi connectivity index (χ1) is 13.4. The van der Waals surface area contributed by atoms with Crippen molar-refractivity contribution in [1.29, 1.82) is 0 Å². The zero-order valence-electron chi connectivity index (χ0n) is 16.6. The van der Waals surface area contributed by atoms with E-state index in [9.17, 15) is 9.59 Å². The minimum atomic E-state index is -0.574. The summed E-state index contributed by atoms with van der Waals surface area (Å²) in [5.74, 6) is 0.730. The van der Waals surface area contributed by atoms with Gasteiger partial charge in [0.2, 0.25) is 0 Å². The van der Waals surface area contributed by atoms with Crippen LogP contribution in [0.2, 0.25) is 0 Å². The van der Waals surface area contributed by atoms with Crippen LogP contribution in [0.1, 0.15) is 17.3 Å². The fourth-order valence-electron chi connectivity index (χ4n) is 3.05. The lowest BCUT2D eigenvalue weighted by atomic mass is 10.1. The molecule has 7 nitrogen and oxygen atoms in total. The Morgan fingerprint density at radius 1 is 1.25 bits per heavy atom. The lowest BCUT2D eigenvalue weighted by Crippen LogP contribution is -2.46. The Bertz CT molecular complexity index is 882. The molecule has 0 spiro atoms. The highest BCUT2D eigenvalue weighted by Gasteiger charge is 2.31. The van der Waals surface area contributed by atoms with Crippen LogP contribution in [0, 0.1) is 0 Å². The van der Waals surface area contributed by atoms with Gasteiger partial charge in [-0.2, -0.15) is 0 Å². The Kier molecular flexibility index (Phi) is 5.84. The summed E-state index contributed by atoms with van der Waals surface area (Å²) in [5, 5.41) is 2.86. The number of anilines is 2. The third-order valence-electron chi connectivity index (χ3n) is 4.55. The number of amides is 2. The largest absolute Gasteiger partial charge is 0.496 e. The van der Waals surface area contributed by atoms with Gasteiger partial charge in [0, 0.05) is 24.8 Å². The van der Waals surface area contributed by atoms with Gasteiger partial charge >= 0.3 is 0 Å². The molecule has 2 aromatic rings. The molecule has 0 radical (unpaired) electrons. The van der Waals surface area contributed by atoms with E-state index >= 15 is 0 Å². The number of para-hydroxylation sites is 1. The van der Waals surface area contributed by atoms with E-state index in [1.54, 1.807) is 48.2 Å². The van der Waals surface area contributed by atoms with Crippen molar-refractivity contribution >= 4 is 23.2 Å². The first-order valence-corrected chi connectivity index (χ1v) is 9.12. The van der Waals surface area contributed by atoms with E-state index < -0.39 is 6.10 Å². The Morgan fingerprint density at radius 3 is 2.71 bits per heavy atom. The van der Waals surface area contributed by atoms with Gasteiger partial charge in [-0.15, -0.1) is 0 Å². The summed E-state index contributed by atoms with van der Waals surface area (Å²) in [5.41, 5.74) is 1.74. The summed E-state index contributed by atoms with van der Waals surface area (Å²) in [7, 11) is 5.46. The monoisotopic (exact) mass is 383 g/mol. The van der Waals surface area contributed by atoms with Crippen LogP contribution in [-0.4, -0.2) is 57.1 Å². The van der Waals surface area contributed by atoms with Gasteiger partial charge in [-0.3, -0.25) is 9.59 Å². The van der Waals surface area contributed by atoms with Gasteiger partial charge in [-0.25, -0.2) is 0 Å². The summed E-state index contributed by atoms with van der Waals surface area (Å²) < 4.78 is 11.0. The summed E-state index contributed by atoms with van der Waals surface area (Å²) in [6.45, 7) is 3.04. The maximum atomic E-state index is 12.6. The summed E-state index contributed by atoms with van der Waals surface area (Å²) in [6, 6.07) is 12.3. The molecule has 0 saturated heterocycles. The number of methoxy groups -OCH3 is 1. The van der Waals surface area contributed by atoms with Gasteiger partial charge in [-0.05, 0) is 45.3 Å². The highest BCUT2D eigenvalue weighted by molar-refractivity contribution is 6.07. The Labute approximate surface area is 164 Å². The summed E-state index contributed by atoms with van der Waals surface area (Å²) in [6.07, 6.45) is -0.574. The molecule has 1 aliphatic heterocycles. The van der Waals surface area contributed by atoms with E-state index in [-0.39, 0.29) is 11.8 Å². The molecule has 7 heteroatoms. The number of fused-ring (bicyclic) bond motifs is 1. The van der Waals surface area contributed by atoms with Crippen LogP contribution in [0.25, 0.3) is 0 Å². The van der Waals surface area contributed by atoms with E-state index in [4.69, 9.17) is 9.47 Å². The van der Waals surface area contributed by atoms with Crippen LogP contribution in [-0.2, 0) is 4.79 Å². The highest BCUT2D eigenvalue weighted by Crippen LogP contribution is 2.36. The third-order valence-corrected chi connectivity index (χ3v) is 4.55. The van der Waals surface area contributed by atoms with Crippen molar-refractivity contribution in [2.75, 3.05) is 44.5 Å². The predicted molar refractivity (Wildman–Crippen MR) is 108 cm³/mol. The molecule has 28 heavy (non-hydrogen) atoms. The zero-order chi connectivity index (χ0) is 20.3. The second-order valence-electron chi connectivity index (χ2n) is 6.89. The van der Waals surface area contributed by atoms with Crippen molar-refractivity contribution in [1.82, 2.24) is 4.90 Å². The van der Waals surface area contributed by atoms with E-state index in [1.807, 2.05) is 25.1 Å². The molecule has 1 N–H and O–H groups in total. The van der Waals surface area contributed by atoms with Crippen molar-refractivity contribution < 1.29 is 19.1 Å². The summed E-state index contributed by atoms with van der Waals surface area (Å²) in [4.78, 5) is 28.9. The Hall–Kier alpha value is -3.06. The average molecular weight is 383 g/mol. The second-order valence-corrected chi connectivity index (χ2v) is 6.89. The van der Waals surface area contributed by atoms with Gasteiger partial charge in [0.1, 0.15) is 11.5 Å². The van der Waals surface area contributed by atoms with Crippen molar-refractivity contribution in [2.24, 2.45) is 0 Å². The molecule has 148 valence electrons. The molecule has 0 saturated carbocycles. The van der Waals surface area contributed by atoms with Crippen molar-refractivity contribution in [3.8, 4) is 11.5 Å². The molecule has 0 bridgehead atoms. The fraction of sp³-hybridized carbons (Fsp3) is 0.333. The normalized spacial score (nSPS) is 15.8. The zero-order valence-corrected chi connectivity index (χ0v) is 16.6. The van der Waals surface area contributed by atoms with Gasteiger partial charge in [0.25, 0.3) is 11.8 Å².